The van der Waals surface area contributed by atoms with Gasteiger partial charge in [-0.2, -0.15) is 5.26 Å². The molecule has 1 heterocycles. The molecule has 2 rings (SSSR count). The van der Waals surface area contributed by atoms with Crippen LogP contribution in [0.5, 0.6) is 0 Å². The molecular weight excluding hydrogens is 192 g/mol. The average Bonchev–Trinajstić information content (AvgIpc) is 2.29. The third-order valence-electron chi connectivity index (χ3n) is 3.28. The van der Waals surface area contributed by atoms with Crippen molar-refractivity contribution in [3.05, 3.63) is 0 Å². The van der Waals surface area contributed by atoms with Crippen LogP contribution in [0, 0.1) is 11.3 Å². The molecule has 4 heteroatoms. The van der Waals surface area contributed by atoms with E-state index in [9.17, 15) is 4.79 Å². The Bertz CT molecular complexity index is 279. The molecule has 0 bridgehead atoms. The van der Waals surface area contributed by atoms with Crippen molar-refractivity contribution >= 4 is 6.09 Å². The summed E-state index contributed by atoms with van der Waals surface area (Å²) >= 11 is 0. The Hall–Kier alpha value is -1.24. The lowest BCUT2D eigenvalue weighted by atomic mass is 9.93. The first-order chi connectivity index (χ1) is 7.33. The second-order valence-corrected chi connectivity index (χ2v) is 4.25. The van der Waals surface area contributed by atoms with Crippen molar-refractivity contribution in [1.82, 2.24) is 4.90 Å². The molecule has 1 saturated carbocycles. The molecule has 2 aliphatic rings. The maximum absolute atomic E-state index is 11.6. The van der Waals surface area contributed by atoms with E-state index in [2.05, 4.69) is 6.07 Å². The third-order valence-corrected chi connectivity index (χ3v) is 3.28. The van der Waals surface area contributed by atoms with E-state index >= 15 is 0 Å². The molecule has 1 unspecified atom stereocenters. The minimum absolute atomic E-state index is 0.233. The number of hydrogen-bond donors (Lipinski definition) is 0. The Balaban J connectivity index is 2.08. The fourth-order valence-electron chi connectivity index (χ4n) is 2.49. The summed E-state index contributed by atoms with van der Waals surface area (Å²) in [5.74, 6) is 0. The maximum atomic E-state index is 11.6. The van der Waals surface area contributed by atoms with Gasteiger partial charge >= 0.3 is 6.09 Å². The predicted molar refractivity (Wildman–Crippen MR) is 54.1 cm³/mol. The number of carbonyl (C=O) groups excluding carboxylic acids is 1. The molecule has 1 saturated heterocycles. The molecule has 1 atom stereocenters. The second-order valence-electron chi connectivity index (χ2n) is 4.25. The fraction of sp³-hybridized carbons (Fsp3) is 0.818. The maximum Gasteiger partial charge on any atom is 0.411 e. The normalized spacial score (nSPS) is 28.3. The third kappa shape index (κ3) is 2.06. The van der Waals surface area contributed by atoms with Crippen molar-refractivity contribution < 1.29 is 9.53 Å². The highest BCUT2D eigenvalue weighted by atomic mass is 16.6. The van der Waals surface area contributed by atoms with Crippen LogP contribution in [0.1, 0.15) is 38.5 Å². The number of ether oxygens (including phenoxy) is 1. The van der Waals surface area contributed by atoms with Gasteiger partial charge in [0.15, 0.2) is 0 Å². The summed E-state index contributed by atoms with van der Waals surface area (Å²) in [7, 11) is 0. The molecule has 82 valence electrons. The smallest absolute Gasteiger partial charge is 0.411 e. The number of cyclic esters (lactones) is 1. The van der Waals surface area contributed by atoms with E-state index in [-0.39, 0.29) is 18.2 Å². The van der Waals surface area contributed by atoms with Crippen LogP contribution in [0.4, 0.5) is 4.79 Å². The second kappa shape index (κ2) is 4.52. The summed E-state index contributed by atoms with van der Waals surface area (Å²) in [6.45, 7) is 0.389. The Morgan fingerprint density at radius 1 is 1.27 bits per heavy atom. The SMILES string of the molecule is N#CC1CCOC(=O)N1C1CCCCC1. The van der Waals surface area contributed by atoms with E-state index in [0.717, 1.165) is 25.7 Å². The molecule has 0 aromatic carbocycles. The first kappa shape index (κ1) is 10.3. The minimum atomic E-state index is -0.292. The monoisotopic (exact) mass is 208 g/mol. The number of hydrogen-bond acceptors (Lipinski definition) is 3. The lowest BCUT2D eigenvalue weighted by Gasteiger charge is -2.38. The Morgan fingerprint density at radius 3 is 2.67 bits per heavy atom. The minimum Gasteiger partial charge on any atom is -0.449 e. The molecule has 0 N–H and O–H groups in total. The molecule has 2 fully saturated rings. The van der Waals surface area contributed by atoms with Crippen LogP contribution in [-0.4, -0.2) is 29.7 Å². The number of amides is 1. The van der Waals surface area contributed by atoms with Gasteiger partial charge in [-0.3, -0.25) is 4.90 Å². The van der Waals surface area contributed by atoms with Crippen molar-refractivity contribution in [3.8, 4) is 6.07 Å². The van der Waals surface area contributed by atoms with Crippen LogP contribution in [0.3, 0.4) is 0 Å². The zero-order valence-corrected chi connectivity index (χ0v) is 8.82. The summed E-state index contributed by atoms with van der Waals surface area (Å²) in [5, 5.41) is 9.01. The van der Waals surface area contributed by atoms with Crippen LogP contribution in [0.2, 0.25) is 0 Å². The van der Waals surface area contributed by atoms with Crippen molar-refractivity contribution in [2.45, 2.75) is 50.6 Å². The zero-order chi connectivity index (χ0) is 10.7. The van der Waals surface area contributed by atoms with Gasteiger partial charge in [-0.15, -0.1) is 0 Å². The van der Waals surface area contributed by atoms with Gasteiger partial charge in [0.2, 0.25) is 0 Å². The quantitative estimate of drug-likeness (QED) is 0.662. The lowest BCUT2D eigenvalue weighted by molar-refractivity contribution is 0.0303. The number of nitriles is 1. The number of carbonyl (C=O) groups is 1. The Kier molecular flexibility index (Phi) is 3.10. The van der Waals surface area contributed by atoms with Gasteiger partial charge in [0.25, 0.3) is 0 Å². The average molecular weight is 208 g/mol. The summed E-state index contributed by atoms with van der Waals surface area (Å²) in [6, 6.07) is 2.17. The van der Waals surface area contributed by atoms with E-state index in [0.29, 0.717) is 13.0 Å². The van der Waals surface area contributed by atoms with Crippen molar-refractivity contribution in [2.75, 3.05) is 6.61 Å². The topological polar surface area (TPSA) is 53.3 Å². The van der Waals surface area contributed by atoms with Crippen LogP contribution in [-0.2, 0) is 4.74 Å². The van der Waals surface area contributed by atoms with E-state index in [1.54, 1.807) is 4.90 Å². The van der Waals surface area contributed by atoms with Gasteiger partial charge in [0.05, 0.1) is 12.7 Å². The Labute approximate surface area is 89.8 Å². The fourth-order valence-corrected chi connectivity index (χ4v) is 2.49. The molecule has 15 heavy (non-hydrogen) atoms. The highest BCUT2D eigenvalue weighted by molar-refractivity contribution is 5.69. The molecule has 0 radical (unpaired) electrons. The standard InChI is InChI=1S/C11H16N2O2/c12-8-10-6-7-15-11(14)13(10)9-4-2-1-3-5-9/h9-10H,1-7H2. The van der Waals surface area contributed by atoms with Gasteiger partial charge in [-0.25, -0.2) is 4.79 Å². The van der Waals surface area contributed by atoms with Gasteiger partial charge in [-0.1, -0.05) is 19.3 Å². The van der Waals surface area contributed by atoms with E-state index in [4.69, 9.17) is 10.00 Å². The summed E-state index contributed by atoms with van der Waals surface area (Å²) in [5.41, 5.74) is 0. The van der Waals surface area contributed by atoms with Gasteiger partial charge in [-0.05, 0) is 12.8 Å². The molecule has 0 aromatic heterocycles. The Morgan fingerprint density at radius 2 is 2.00 bits per heavy atom. The number of nitrogens with zero attached hydrogens (tertiary/aromatic N) is 2. The molecule has 1 aliphatic carbocycles. The molecule has 1 amide bonds. The highest BCUT2D eigenvalue weighted by Gasteiger charge is 2.35. The van der Waals surface area contributed by atoms with Gasteiger partial charge < -0.3 is 4.74 Å². The van der Waals surface area contributed by atoms with Crippen molar-refractivity contribution in [2.24, 2.45) is 0 Å². The van der Waals surface area contributed by atoms with Crippen molar-refractivity contribution in [1.29, 1.82) is 5.26 Å². The van der Waals surface area contributed by atoms with Crippen LogP contribution in [0.15, 0.2) is 0 Å². The summed E-state index contributed by atoms with van der Waals surface area (Å²) in [6.07, 6.45) is 5.97. The van der Waals surface area contributed by atoms with Gasteiger partial charge in [0.1, 0.15) is 6.04 Å². The predicted octanol–water partition coefficient (Wildman–Crippen LogP) is 2.05. The van der Waals surface area contributed by atoms with E-state index in [1.165, 1.54) is 6.42 Å². The highest BCUT2D eigenvalue weighted by Crippen LogP contribution is 2.27. The van der Waals surface area contributed by atoms with Crippen LogP contribution >= 0.6 is 0 Å². The zero-order valence-electron chi connectivity index (χ0n) is 8.82. The molecule has 0 spiro atoms. The molecule has 0 aromatic rings. The molecular formula is C11H16N2O2. The van der Waals surface area contributed by atoms with Crippen LogP contribution in [0.25, 0.3) is 0 Å². The largest absolute Gasteiger partial charge is 0.449 e. The first-order valence-electron chi connectivity index (χ1n) is 5.67. The molecule has 1 aliphatic heterocycles. The van der Waals surface area contributed by atoms with Crippen molar-refractivity contribution in [3.63, 3.8) is 0 Å². The molecule has 4 nitrogen and oxygen atoms in total. The number of rotatable bonds is 1. The van der Waals surface area contributed by atoms with Crippen LogP contribution < -0.4 is 0 Å². The lowest BCUT2D eigenvalue weighted by Crippen LogP contribution is -2.51. The first-order valence-corrected chi connectivity index (χ1v) is 5.67. The van der Waals surface area contributed by atoms with E-state index in [1.807, 2.05) is 0 Å². The summed E-state index contributed by atoms with van der Waals surface area (Å²) < 4.78 is 5.01. The summed E-state index contributed by atoms with van der Waals surface area (Å²) in [4.78, 5) is 13.3. The van der Waals surface area contributed by atoms with E-state index < -0.39 is 0 Å². The van der Waals surface area contributed by atoms with Gasteiger partial charge in [0, 0.05) is 12.5 Å².